The molecule has 2 atom stereocenters. The molecule has 3 aliphatic heterocycles. The number of piperidine rings is 1. The Hall–Kier alpha value is -4.80. The first-order valence-corrected chi connectivity index (χ1v) is 13.8. The van der Waals surface area contributed by atoms with Gasteiger partial charge in [-0.15, -0.1) is 0 Å². The van der Waals surface area contributed by atoms with Crippen LogP contribution in [-0.4, -0.2) is 73.7 Å². The van der Waals surface area contributed by atoms with Gasteiger partial charge in [-0.05, 0) is 48.4 Å². The Labute approximate surface area is 244 Å². The third-order valence-corrected chi connectivity index (χ3v) is 7.34. The summed E-state index contributed by atoms with van der Waals surface area (Å²) in [5.41, 5.74) is 2.14. The molecule has 2 aromatic carbocycles. The first-order valence-electron chi connectivity index (χ1n) is 13.8. The molecule has 0 unspecified atom stereocenters. The number of ether oxygens (including phenoxy) is 4. The summed E-state index contributed by atoms with van der Waals surface area (Å²) in [5, 5.41) is 5.96. The van der Waals surface area contributed by atoms with E-state index in [9.17, 15) is 14.4 Å². The van der Waals surface area contributed by atoms with Gasteiger partial charge in [0.15, 0.2) is 18.1 Å². The van der Waals surface area contributed by atoms with Gasteiger partial charge in [0.25, 0.3) is 11.8 Å². The van der Waals surface area contributed by atoms with Crippen molar-refractivity contribution in [3.8, 4) is 23.0 Å². The first-order chi connectivity index (χ1) is 20.4. The van der Waals surface area contributed by atoms with Gasteiger partial charge in [-0.25, -0.2) is 0 Å². The van der Waals surface area contributed by atoms with Gasteiger partial charge in [-0.3, -0.25) is 19.4 Å². The van der Waals surface area contributed by atoms with Crippen molar-refractivity contribution in [3.05, 3.63) is 77.6 Å². The first kappa shape index (κ1) is 28.7. The second-order valence-corrected chi connectivity index (χ2v) is 10.1. The van der Waals surface area contributed by atoms with Crippen LogP contribution in [0.5, 0.6) is 23.0 Å². The Morgan fingerprint density at radius 2 is 1.88 bits per heavy atom. The van der Waals surface area contributed by atoms with Crippen molar-refractivity contribution in [1.82, 2.24) is 20.5 Å². The summed E-state index contributed by atoms with van der Waals surface area (Å²) in [6.45, 7) is 0.700. The summed E-state index contributed by atoms with van der Waals surface area (Å²) < 4.78 is 23.2. The lowest BCUT2D eigenvalue weighted by Gasteiger charge is -2.39. The van der Waals surface area contributed by atoms with Crippen molar-refractivity contribution < 1.29 is 33.3 Å². The fourth-order valence-electron chi connectivity index (χ4n) is 5.11. The molecule has 3 aromatic rings. The monoisotopic (exact) mass is 574 g/mol. The number of carbonyl (C=O) groups is 3. The average molecular weight is 575 g/mol. The van der Waals surface area contributed by atoms with E-state index in [1.807, 2.05) is 18.2 Å². The number of carbonyl (C=O) groups excluding carboxylic acids is 3. The van der Waals surface area contributed by atoms with Crippen molar-refractivity contribution in [1.29, 1.82) is 0 Å². The predicted molar refractivity (Wildman–Crippen MR) is 153 cm³/mol. The number of rotatable bonds is 3. The van der Waals surface area contributed by atoms with Crippen LogP contribution >= 0.6 is 0 Å². The molecule has 42 heavy (non-hydrogen) atoms. The highest BCUT2D eigenvalue weighted by atomic mass is 16.5. The Balaban J connectivity index is 1.42. The molecule has 3 aliphatic rings. The van der Waals surface area contributed by atoms with E-state index in [1.165, 1.54) is 13.3 Å². The SMILES string of the molecule is COc1cc2ccc1CNC(=O)CCc1ccc(OC)c(c1)OCC(=O)N[C@@H]1CN(C(=O)c3cccnc3)CC[C@@H]1O2. The summed E-state index contributed by atoms with van der Waals surface area (Å²) in [7, 11) is 3.08. The molecule has 6 rings (SSSR count). The van der Waals surface area contributed by atoms with E-state index in [1.54, 1.807) is 48.5 Å². The molecule has 4 bridgehead atoms. The van der Waals surface area contributed by atoms with Crippen LogP contribution in [0.15, 0.2) is 60.9 Å². The lowest BCUT2D eigenvalue weighted by molar-refractivity contribution is -0.125. The molecule has 11 nitrogen and oxygen atoms in total. The maximum absolute atomic E-state index is 13.2. The minimum atomic E-state index is -0.518. The maximum Gasteiger partial charge on any atom is 0.258 e. The molecule has 1 fully saturated rings. The summed E-state index contributed by atoms with van der Waals surface area (Å²) in [6.07, 6.45) is 3.94. The second-order valence-electron chi connectivity index (χ2n) is 10.1. The van der Waals surface area contributed by atoms with Crippen LogP contribution in [0.3, 0.4) is 0 Å². The predicted octanol–water partition coefficient (Wildman–Crippen LogP) is 2.52. The number of aryl methyl sites for hydroxylation is 1. The summed E-state index contributed by atoms with van der Waals surface area (Å²) in [5.74, 6) is 1.34. The number of nitrogens with one attached hydrogen (secondary N) is 2. The molecule has 0 radical (unpaired) electrons. The minimum Gasteiger partial charge on any atom is -0.496 e. The van der Waals surface area contributed by atoms with E-state index in [0.717, 1.165) is 11.1 Å². The quantitative estimate of drug-likeness (QED) is 0.489. The Morgan fingerprint density at radius 1 is 1.02 bits per heavy atom. The number of methoxy groups -OCH3 is 2. The van der Waals surface area contributed by atoms with Crippen molar-refractivity contribution in [3.63, 3.8) is 0 Å². The smallest absolute Gasteiger partial charge is 0.258 e. The molecule has 1 aromatic heterocycles. The number of benzene rings is 2. The van der Waals surface area contributed by atoms with Crippen LogP contribution < -0.4 is 29.6 Å². The third-order valence-electron chi connectivity index (χ3n) is 7.34. The molecular weight excluding hydrogens is 540 g/mol. The van der Waals surface area contributed by atoms with Gasteiger partial charge >= 0.3 is 0 Å². The van der Waals surface area contributed by atoms with Gasteiger partial charge < -0.3 is 34.5 Å². The number of fused-ring (bicyclic) bond motifs is 9. The molecule has 1 saturated heterocycles. The van der Waals surface area contributed by atoms with Gasteiger partial charge in [-0.1, -0.05) is 6.07 Å². The van der Waals surface area contributed by atoms with Crippen molar-refractivity contribution in [2.24, 2.45) is 0 Å². The fraction of sp³-hybridized carbons (Fsp3) is 0.355. The van der Waals surface area contributed by atoms with Crippen molar-refractivity contribution >= 4 is 17.7 Å². The molecule has 2 N–H and O–H groups in total. The molecule has 0 spiro atoms. The van der Waals surface area contributed by atoms with Crippen LogP contribution in [0.2, 0.25) is 0 Å². The lowest BCUT2D eigenvalue weighted by atomic mass is 10.0. The van der Waals surface area contributed by atoms with E-state index in [4.69, 9.17) is 18.9 Å². The summed E-state index contributed by atoms with van der Waals surface area (Å²) in [6, 6.07) is 13.7. The largest absolute Gasteiger partial charge is 0.496 e. The molecule has 4 heterocycles. The van der Waals surface area contributed by atoms with Gasteiger partial charge in [0, 0.05) is 56.5 Å². The van der Waals surface area contributed by atoms with E-state index < -0.39 is 12.1 Å². The van der Waals surface area contributed by atoms with Crippen LogP contribution in [0.4, 0.5) is 0 Å². The van der Waals surface area contributed by atoms with Crippen LogP contribution in [0.1, 0.15) is 34.3 Å². The third kappa shape index (κ3) is 6.91. The van der Waals surface area contributed by atoms with Crippen LogP contribution in [0, 0.1) is 0 Å². The molecule has 220 valence electrons. The normalized spacial score (nSPS) is 19.4. The Kier molecular flexibility index (Phi) is 9.05. The van der Waals surface area contributed by atoms with Crippen molar-refractivity contribution in [2.75, 3.05) is 33.9 Å². The molecule has 0 saturated carbocycles. The zero-order chi connectivity index (χ0) is 29.5. The number of hydrogen-bond donors (Lipinski definition) is 2. The second kappa shape index (κ2) is 13.2. The van der Waals surface area contributed by atoms with E-state index in [0.29, 0.717) is 54.5 Å². The molecule has 11 heteroatoms. The Morgan fingerprint density at radius 3 is 2.67 bits per heavy atom. The highest BCUT2D eigenvalue weighted by molar-refractivity contribution is 5.94. The standard InChI is InChI=1S/C31H34N4O7/c1-39-26-9-5-20-6-10-29(36)33-17-21-7-8-23(15-27(21)40-2)42-25-11-13-35(31(38)22-4-3-12-32-16-22)18-24(25)34-30(37)19-41-28(26)14-20/h3-5,7-9,12,14-16,24-25H,6,10-11,13,17-19H2,1-2H3,(H,33,36)(H,34,37)/t24-,25+/m1/s1. The number of nitrogens with zero attached hydrogens (tertiary/aromatic N) is 2. The maximum atomic E-state index is 13.2. The Bertz CT molecular complexity index is 1430. The topological polar surface area (TPSA) is 128 Å². The highest BCUT2D eigenvalue weighted by Crippen LogP contribution is 2.30. The van der Waals surface area contributed by atoms with Gasteiger partial charge in [0.2, 0.25) is 5.91 Å². The zero-order valence-electron chi connectivity index (χ0n) is 23.6. The number of hydrogen-bond acceptors (Lipinski definition) is 8. The van der Waals surface area contributed by atoms with Gasteiger partial charge in [-0.2, -0.15) is 0 Å². The molecule has 3 amide bonds. The summed E-state index contributed by atoms with van der Waals surface area (Å²) in [4.78, 5) is 44.7. The number of pyridine rings is 1. The minimum absolute atomic E-state index is 0.108. The van der Waals surface area contributed by atoms with Crippen molar-refractivity contribution in [2.45, 2.75) is 38.0 Å². The zero-order valence-corrected chi connectivity index (χ0v) is 23.6. The lowest BCUT2D eigenvalue weighted by Crippen LogP contribution is -2.58. The average Bonchev–Trinajstić information content (AvgIpc) is 3.02. The fourth-order valence-corrected chi connectivity index (χ4v) is 5.11. The molecule has 0 aliphatic carbocycles. The van der Waals surface area contributed by atoms with Gasteiger partial charge in [0.1, 0.15) is 17.6 Å². The van der Waals surface area contributed by atoms with Gasteiger partial charge in [0.05, 0.1) is 25.8 Å². The van der Waals surface area contributed by atoms with E-state index in [-0.39, 0.29) is 37.3 Å². The van der Waals surface area contributed by atoms with Crippen LogP contribution in [-0.2, 0) is 22.6 Å². The highest BCUT2D eigenvalue weighted by Gasteiger charge is 2.35. The number of amides is 3. The number of aromatic nitrogens is 1. The summed E-state index contributed by atoms with van der Waals surface area (Å²) >= 11 is 0. The van der Waals surface area contributed by atoms with E-state index >= 15 is 0 Å². The number of likely N-dealkylation sites (tertiary alicyclic amines) is 1. The van der Waals surface area contributed by atoms with E-state index in [2.05, 4.69) is 15.6 Å². The molecular formula is C31H34N4O7. The van der Waals surface area contributed by atoms with Crippen LogP contribution in [0.25, 0.3) is 0 Å².